The van der Waals surface area contributed by atoms with Gasteiger partial charge in [-0.25, -0.2) is 0 Å². The summed E-state index contributed by atoms with van der Waals surface area (Å²) in [6.07, 6.45) is 5.19. The predicted molar refractivity (Wildman–Crippen MR) is 72.5 cm³/mol. The smallest absolute Gasteiger partial charge is 0.319 e. The molecule has 4 nitrogen and oxygen atoms in total. The van der Waals surface area contributed by atoms with Gasteiger partial charge in [0.25, 0.3) is 5.91 Å². The fourth-order valence-corrected chi connectivity index (χ4v) is 1.98. The molecule has 0 saturated heterocycles. The van der Waals surface area contributed by atoms with Crippen LogP contribution in [0.1, 0.15) is 10.4 Å². The minimum Gasteiger partial charge on any atom is -0.361 e. The third-order valence-electron chi connectivity index (χ3n) is 2.49. The van der Waals surface area contributed by atoms with Crippen molar-refractivity contribution in [3.05, 3.63) is 64.1 Å². The van der Waals surface area contributed by atoms with E-state index in [-0.39, 0.29) is 5.91 Å². The SMILES string of the molecule is [N-]=[N+]=C1C=C(Br)C=CC1NC(=O)c1ccccc1. The number of rotatable bonds is 2. The maximum Gasteiger partial charge on any atom is 0.319 e. The summed E-state index contributed by atoms with van der Waals surface area (Å²) in [4.78, 5) is 15.1. The zero-order valence-corrected chi connectivity index (χ0v) is 11.0. The Labute approximate surface area is 113 Å². The molecule has 1 amide bonds. The number of amides is 1. The van der Waals surface area contributed by atoms with Crippen molar-refractivity contribution in [1.29, 1.82) is 0 Å². The van der Waals surface area contributed by atoms with Gasteiger partial charge in [-0.3, -0.25) is 4.79 Å². The predicted octanol–water partition coefficient (Wildman–Crippen LogP) is 2.30. The van der Waals surface area contributed by atoms with Crippen LogP contribution in [0.5, 0.6) is 0 Å². The van der Waals surface area contributed by atoms with Crippen LogP contribution in [0, 0.1) is 0 Å². The topological polar surface area (TPSA) is 65.5 Å². The molecule has 18 heavy (non-hydrogen) atoms. The molecular formula is C13H10BrN3O. The molecule has 0 bridgehead atoms. The molecule has 0 radical (unpaired) electrons. The maximum absolute atomic E-state index is 11.9. The summed E-state index contributed by atoms with van der Waals surface area (Å²) in [5, 5.41) is 2.77. The van der Waals surface area contributed by atoms with Crippen molar-refractivity contribution >= 4 is 27.5 Å². The van der Waals surface area contributed by atoms with E-state index in [1.54, 1.807) is 42.5 Å². The Morgan fingerprint density at radius 2 is 2.06 bits per heavy atom. The quantitative estimate of drug-likeness (QED) is 0.661. The largest absolute Gasteiger partial charge is 0.361 e. The van der Waals surface area contributed by atoms with Gasteiger partial charge in [0.2, 0.25) is 0 Å². The molecule has 0 saturated carbocycles. The van der Waals surface area contributed by atoms with E-state index in [4.69, 9.17) is 5.53 Å². The van der Waals surface area contributed by atoms with Crippen LogP contribution in [0.25, 0.3) is 5.53 Å². The van der Waals surface area contributed by atoms with E-state index in [0.717, 1.165) is 4.48 Å². The molecule has 1 N–H and O–H groups in total. The van der Waals surface area contributed by atoms with Crippen LogP contribution in [0.15, 0.2) is 53.0 Å². The highest BCUT2D eigenvalue weighted by atomic mass is 79.9. The summed E-state index contributed by atoms with van der Waals surface area (Å²) in [5.74, 6) is -0.210. The van der Waals surface area contributed by atoms with E-state index in [9.17, 15) is 4.79 Å². The molecule has 90 valence electrons. The van der Waals surface area contributed by atoms with Crippen LogP contribution in [-0.2, 0) is 0 Å². The zero-order valence-electron chi connectivity index (χ0n) is 9.38. The second-order valence-electron chi connectivity index (χ2n) is 3.73. The number of hydrogen-bond donors (Lipinski definition) is 1. The number of hydrogen-bond acceptors (Lipinski definition) is 1. The second-order valence-corrected chi connectivity index (χ2v) is 4.65. The minimum absolute atomic E-state index is 0.210. The lowest BCUT2D eigenvalue weighted by atomic mass is 10.1. The Hall–Kier alpha value is -1.97. The van der Waals surface area contributed by atoms with Crippen LogP contribution >= 0.6 is 15.9 Å². The van der Waals surface area contributed by atoms with E-state index >= 15 is 0 Å². The summed E-state index contributed by atoms with van der Waals surface area (Å²) in [6.45, 7) is 0. The number of halogens is 1. The molecule has 0 aliphatic heterocycles. The molecule has 0 heterocycles. The van der Waals surface area contributed by atoms with Gasteiger partial charge in [0.15, 0.2) is 6.04 Å². The summed E-state index contributed by atoms with van der Waals surface area (Å²) >= 11 is 3.28. The number of carbonyl (C=O) groups excluding carboxylic acids is 1. The van der Waals surface area contributed by atoms with E-state index in [2.05, 4.69) is 26.0 Å². The van der Waals surface area contributed by atoms with Crippen LogP contribution < -0.4 is 5.32 Å². The lowest BCUT2D eigenvalue weighted by molar-refractivity contribution is -0.00758. The normalized spacial score (nSPS) is 17.9. The number of carbonyl (C=O) groups is 1. The zero-order chi connectivity index (χ0) is 13.0. The van der Waals surface area contributed by atoms with Gasteiger partial charge < -0.3 is 10.8 Å². The second kappa shape index (κ2) is 5.58. The third-order valence-corrected chi connectivity index (χ3v) is 2.98. The Morgan fingerprint density at radius 1 is 1.33 bits per heavy atom. The molecule has 1 aromatic rings. The minimum atomic E-state index is -0.427. The van der Waals surface area contributed by atoms with Crippen molar-refractivity contribution in [2.75, 3.05) is 0 Å². The Morgan fingerprint density at radius 3 is 2.72 bits per heavy atom. The first-order valence-corrected chi connectivity index (χ1v) is 6.13. The van der Waals surface area contributed by atoms with Crippen molar-refractivity contribution in [2.24, 2.45) is 0 Å². The molecule has 0 fully saturated rings. The molecule has 0 aromatic heterocycles. The molecule has 1 unspecified atom stereocenters. The monoisotopic (exact) mass is 303 g/mol. The first-order valence-electron chi connectivity index (χ1n) is 5.34. The van der Waals surface area contributed by atoms with Crippen molar-refractivity contribution in [3.63, 3.8) is 0 Å². The van der Waals surface area contributed by atoms with Crippen LogP contribution in [-0.4, -0.2) is 22.5 Å². The van der Waals surface area contributed by atoms with Gasteiger partial charge in [0, 0.05) is 16.1 Å². The molecule has 1 atom stereocenters. The summed E-state index contributed by atoms with van der Waals surface area (Å²) < 4.78 is 0.792. The van der Waals surface area contributed by atoms with E-state index in [1.807, 2.05) is 6.07 Å². The van der Waals surface area contributed by atoms with Gasteiger partial charge in [-0.15, -0.1) is 0 Å². The Balaban J connectivity index is 2.14. The van der Waals surface area contributed by atoms with Crippen LogP contribution in [0.3, 0.4) is 0 Å². The first-order chi connectivity index (χ1) is 8.70. The average molecular weight is 304 g/mol. The standard InChI is InChI=1S/C13H10BrN3O/c14-10-6-7-11(12(8-10)17-15)16-13(18)9-4-2-1-3-5-9/h1-8,11H,(H,16,18). The van der Waals surface area contributed by atoms with Crippen molar-refractivity contribution in [1.82, 2.24) is 5.32 Å². The van der Waals surface area contributed by atoms with E-state index in [0.29, 0.717) is 11.3 Å². The third kappa shape index (κ3) is 2.83. The molecule has 5 heteroatoms. The van der Waals surface area contributed by atoms with Gasteiger partial charge in [-0.2, -0.15) is 4.79 Å². The summed E-state index contributed by atoms with van der Waals surface area (Å²) in [7, 11) is 0. The molecular weight excluding hydrogens is 294 g/mol. The van der Waals surface area contributed by atoms with E-state index < -0.39 is 6.04 Å². The average Bonchev–Trinajstić information content (AvgIpc) is 2.41. The van der Waals surface area contributed by atoms with Gasteiger partial charge in [-0.05, 0) is 24.3 Å². The van der Waals surface area contributed by atoms with Crippen LogP contribution in [0.2, 0.25) is 0 Å². The summed E-state index contributed by atoms with van der Waals surface area (Å²) in [6, 6.07) is 8.46. The van der Waals surface area contributed by atoms with Crippen molar-refractivity contribution in [2.45, 2.75) is 6.04 Å². The Kier molecular flexibility index (Phi) is 3.87. The van der Waals surface area contributed by atoms with Gasteiger partial charge in [0.05, 0.1) is 0 Å². The highest BCUT2D eigenvalue weighted by molar-refractivity contribution is 9.11. The molecule has 1 aliphatic rings. The lowest BCUT2D eigenvalue weighted by Gasteiger charge is -2.12. The fraction of sp³-hybridized carbons (Fsp3) is 0.0769. The molecule has 1 aromatic carbocycles. The lowest BCUT2D eigenvalue weighted by Crippen LogP contribution is -2.40. The highest BCUT2D eigenvalue weighted by Gasteiger charge is 2.24. The van der Waals surface area contributed by atoms with E-state index in [1.165, 1.54) is 0 Å². The highest BCUT2D eigenvalue weighted by Crippen LogP contribution is 2.13. The number of nitrogens with zero attached hydrogens (tertiary/aromatic N) is 2. The first kappa shape index (κ1) is 12.5. The molecule has 0 spiro atoms. The van der Waals surface area contributed by atoms with Gasteiger partial charge >= 0.3 is 5.71 Å². The van der Waals surface area contributed by atoms with Crippen LogP contribution in [0.4, 0.5) is 0 Å². The maximum atomic E-state index is 11.9. The van der Waals surface area contributed by atoms with Gasteiger partial charge in [-0.1, -0.05) is 34.1 Å². The number of benzene rings is 1. The molecule has 2 rings (SSSR count). The number of nitrogens with one attached hydrogen (secondary N) is 1. The molecule has 1 aliphatic carbocycles. The Bertz CT molecular complexity index is 571. The number of allylic oxidation sites excluding steroid dienone is 2. The summed E-state index contributed by atoms with van der Waals surface area (Å²) in [5.41, 5.74) is 9.85. The van der Waals surface area contributed by atoms with Crippen molar-refractivity contribution in [3.8, 4) is 0 Å². The fourth-order valence-electron chi connectivity index (χ4n) is 1.59. The van der Waals surface area contributed by atoms with Crippen molar-refractivity contribution < 1.29 is 9.58 Å². The van der Waals surface area contributed by atoms with Gasteiger partial charge in [0.1, 0.15) is 0 Å².